The Kier molecular flexibility index (Phi) is 4.51. The number of nitrogens with one attached hydrogen (secondary N) is 1. The van der Waals surface area contributed by atoms with Crippen LogP contribution >= 0.6 is 0 Å². The van der Waals surface area contributed by atoms with Crippen molar-refractivity contribution in [3.8, 4) is 0 Å². The summed E-state index contributed by atoms with van der Waals surface area (Å²) < 4.78 is 5.10. The van der Waals surface area contributed by atoms with Gasteiger partial charge >= 0.3 is 5.97 Å². The second-order valence-corrected chi connectivity index (χ2v) is 5.66. The minimum atomic E-state index is -0.343. The highest BCUT2D eigenvalue weighted by Crippen LogP contribution is 2.32. The second kappa shape index (κ2) is 6.74. The van der Waals surface area contributed by atoms with Crippen LogP contribution in [0.2, 0.25) is 0 Å². The third-order valence-corrected chi connectivity index (χ3v) is 4.06. The Bertz CT molecular complexity index is 786. The molecule has 0 unspecified atom stereocenters. The quantitative estimate of drug-likeness (QED) is 0.874. The summed E-state index contributed by atoms with van der Waals surface area (Å²) in [5.41, 5.74) is 4.19. The Labute approximate surface area is 141 Å². The zero-order valence-corrected chi connectivity index (χ0v) is 13.8. The zero-order valence-electron chi connectivity index (χ0n) is 13.8. The topological polar surface area (TPSA) is 58.6 Å². The summed E-state index contributed by atoms with van der Waals surface area (Å²) in [4.78, 5) is 25.5. The van der Waals surface area contributed by atoms with E-state index in [2.05, 4.69) is 5.32 Å². The highest BCUT2D eigenvalue weighted by molar-refractivity contribution is 5.97. The molecular weight excluding hydrogens is 304 g/mol. The van der Waals surface area contributed by atoms with E-state index in [9.17, 15) is 9.59 Å². The average molecular weight is 324 g/mol. The smallest absolute Gasteiger partial charge is 0.340 e. The summed E-state index contributed by atoms with van der Waals surface area (Å²) in [7, 11) is 0. The minimum Gasteiger partial charge on any atom is -0.462 e. The fourth-order valence-electron chi connectivity index (χ4n) is 2.94. The maximum absolute atomic E-state index is 12.1. The molecule has 0 bridgehead atoms. The molecule has 1 N–H and O–H groups in total. The standard InChI is InChI=1S/C19H20N2O3/c1-3-24-19(23)16-6-4-5-7-17(16)20-15-8-9-18-14(12-15)10-11-21(18)13(2)22/h4-9,12,20H,3,10-11H2,1-2H3. The molecule has 5 nitrogen and oxygen atoms in total. The molecule has 1 amide bonds. The molecular formula is C19H20N2O3. The van der Waals surface area contributed by atoms with Gasteiger partial charge in [0.25, 0.3) is 0 Å². The molecule has 0 aromatic heterocycles. The van der Waals surface area contributed by atoms with Crippen molar-refractivity contribution in [1.29, 1.82) is 0 Å². The molecule has 0 atom stereocenters. The molecule has 1 heterocycles. The van der Waals surface area contributed by atoms with E-state index in [-0.39, 0.29) is 11.9 Å². The van der Waals surface area contributed by atoms with Gasteiger partial charge in [0.05, 0.1) is 17.9 Å². The number of amides is 1. The third-order valence-electron chi connectivity index (χ3n) is 4.06. The monoisotopic (exact) mass is 324 g/mol. The van der Waals surface area contributed by atoms with Gasteiger partial charge in [-0.05, 0) is 49.2 Å². The first-order chi connectivity index (χ1) is 11.6. The Hall–Kier alpha value is -2.82. The number of carbonyl (C=O) groups is 2. The van der Waals surface area contributed by atoms with Crippen molar-refractivity contribution in [1.82, 2.24) is 0 Å². The minimum absolute atomic E-state index is 0.0575. The molecule has 5 heteroatoms. The van der Waals surface area contributed by atoms with E-state index in [1.54, 1.807) is 24.8 Å². The normalized spacial score (nSPS) is 12.7. The number of hydrogen-bond donors (Lipinski definition) is 1. The van der Waals surface area contributed by atoms with Crippen LogP contribution in [0.25, 0.3) is 0 Å². The largest absolute Gasteiger partial charge is 0.462 e. The number of anilines is 3. The van der Waals surface area contributed by atoms with Crippen LogP contribution in [0.1, 0.15) is 29.8 Å². The van der Waals surface area contributed by atoms with Crippen molar-refractivity contribution >= 4 is 28.9 Å². The molecule has 0 aliphatic carbocycles. The molecule has 3 rings (SSSR count). The SMILES string of the molecule is CCOC(=O)c1ccccc1Nc1ccc2c(c1)CCN2C(C)=O. The molecule has 1 aliphatic heterocycles. The van der Waals surface area contributed by atoms with Crippen molar-refractivity contribution in [2.75, 3.05) is 23.4 Å². The molecule has 2 aromatic carbocycles. The van der Waals surface area contributed by atoms with Crippen molar-refractivity contribution < 1.29 is 14.3 Å². The lowest BCUT2D eigenvalue weighted by Gasteiger charge is -2.16. The van der Waals surface area contributed by atoms with Crippen molar-refractivity contribution in [2.45, 2.75) is 20.3 Å². The van der Waals surface area contributed by atoms with E-state index in [0.29, 0.717) is 24.4 Å². The van der Waals surface area contributed by atoms with Crippen LogP contribution in [0.15, 0.2) is 42.5 Å². The van der Waals surface area contributed by atoms with Gasteiger partial charge in [-0.3, -0.25) is 4.79 Å². The van der Waals surface area contributed by atoms with Crippen molar-refractivity contribution in [2.24, 2.45) is 0 Å². The Balaban J connectivity index is 1.86. The number of ether oxygens (including phenoxy) is 1. The Morgan fingerprint density at radius 1 is 1.21 bits per heavy atom. The van der Waals surface area contributed by atoms with Gasteiger partial charge in [-0.2, -0.15) is 0 Å². The summed E-state index contributed by atoms with van der Waals surface area (Å²) in [6, 6.07) is 13.2. The van der Waals surface area contributed by atoms with Crippen LogP contribution < -0.4 is 10.2 Å². The third kappa shape index (κ3) is 3.11. The van der Waals surface area contributed by atoms with Gasteiger partial charge in [0.1, 0.15) is 0 Å². The van der Waals surface area contributed by atoms with E-state index >= 15 is 0 Å². The van der Waals surface area contributed by atoms with Crippen LogP contribution in [0.4, 0.5) is 17.1 Å². The average Bonchev–Trinajstić information content (AvgIpc) is 2.99. The first kappa shape index (κ1) is 16.1. The summed E-state index contributed by atoms with van der Waals surface area (Å²) >= 11 is 0. The predicted molar refractivity (Wildman–Crippen MR) is 93.9 cm³/mol. The van der Waals surface area contributed by atoms with Gasteiger partial charge in [0, 0.05) is 24.8 Å². The lowest BCUT2D eigenvalue weighted by atomic mass is 10.1. The van der Waals surface area contributed by atoms with Gasteiger partial charge in [-0.25, -0.2) is 4.79 Å². The van der Waals surface area contributed by atoms with E-state index in [1.807, 2.05) is 36.4 Å². The maximum Gasteiger partial charge on any atom is 0.340 e. The van der Waals surface area contributed by atoms with Gasteiger partial charge in [0.15, 0.2) is 0 Å². The first-order valence-corrected chi connectivity index (χ1v) is 8.04. The van der Waals surface area contributed by atoms with Crippen LogP contribution in [-0.2, 0) is 16.0 Å². The fourth-order valence-corrected chi connectivity index (χ4v) is 2.94. The number of nitrogens with zero attached hydrogens (tertiary/aromatic N) is 1. The zero-order chi connectivity index (χ0) is 17.1. The van der Waals surface area contributed by atoms with Crippen LogP contribution in [0.3, 0.4) is 0 Å². The number of hydrogen-bond acceptors (Lipinski definition) is 4. The molecule has 2 aromatic rings. The van der Waals surface area contributed by atoms with E-state index < -0.39 is 0 Å². The highest BCUT2D eigenvalue weighted by Gasteiger charge is 2.22. The molecule has 0 saturated heterocycles. The highest BCUT2D eigenvalue weighted by atomic mass is 16.5. The molecule has 124 valence electrons. The lowest BCUT2D eigenvalue weighted by Crippen LogP contribution is -2.25. The number of rotatable bonds is 4. The number of esters is 1. The van der Waals surface area contributed by atoms with Gasteiger partial charge in [0.2, 0.25) is 5.91 Å². The van der Waals surface area contributed by atoms with Gasteiger partial charge in [-0.1, -0.05) is 12.1 Å². The number of benzene rings is 2. The number of carbonyl (C=O) groups excluding carboxylic acids is 2. The maximum atomic E-state index is 12.1. The summed E-state index contributed by atoms with van der Waals surface area (Å²) in [6.45, 7) is 4.42. The van der Waals surface area contributed by atoms with Gasteiger partial charge in [-0.15, -0.1) is 0 Å². The molecule has 0 saturated carbocycles. The van der Waals surface area contributed by atoms with Crippen molar-refractivity contribution in [3.05, 3.63) is 53.6 Å². The first-order valence-electron chi connectivity index (χ1n) is 8.04. The lowest BCUT2D eigenvalue weighted by molar-refractivity contribution is -0.116. The number of fused-ring (bicyclic) bond motifs is 1. The van der Waals surface area contributed by atoms with Crippen LogP contribution in [-0.4, -0.2) is 25.0 Å². The summed E-state index contributed by atoms with van der Waals surface area (Å²) in [5.74, 6) is -0.286. The second-order valence-electron chi connectivity index (χ2n) is 5.66. The summed E-state index contributed by atoms with van der Waals surface area (Å²) in [5, 5.41) is 3.28. The van der Waals surface area contributed by atoms with E-state index in [4.69, 9.17) is 4.74 Å². The summed E-state index contributed by atoms with van der Waals surface area (Å²) in [6.07, 6.45) is 0.837. The number of para-hydroxylation sites is 1. The molecule has 0 fully saturated rings. The van der Waals surface area contributed by atoms with Crippen LogP contribution in [0, 0.1) is 0 Å². The molecule has 24 heavy (non-hydrogen) atoms. The Morgan fingerprint density at radius 3 is 2.75 bits per heavy atom. The fraction of sp³-hybridized carbons (Fsp3) is 0.263. The van der Waals surface area contributed by atoms with Crippen LogP contribution in [0.5, 0.6) is 0 Å². The molecule has 0 spiro atoms. The molecule has 0 radical (unpaired) electrons. The van der Waals surface area contributed by atoms with E-state index in [0.717, 1.165) is 23.4 Å². The van der Waals surface area contributed by atoms with Crippen molar-refractivity contribution in [3.63, 3.8) is 0 Å². The predicted octanol–water partition coefficient (Wildman–Crippen LogP) is 3.52. The Morgan fingerprint density at radius 2 is 2.00 bits per heavy atom. The van der Waals surface area contributed by atoms with Gasteiger partial charge < -0.3 is 15.0 Å². The molecule has 1 aliphatic rings. The van der Waals surface area contributed by atoms with E-state index in [1.165, 1.54) is 0 Å².